The summed E-state index contributed by atoms with van der Waals surface area (Å²) in [5, 5.41) is 8.51. The van der Waals surface area contributed by atoms with Crippen LogP contribution in [0.2, 0.25) is 10.0 Å². The van der Waals surface area contributed by atoms with Crippen molar-refractivity contribution in [2.45, 2.75) is 10.1 Å². The van der Waals surface area contributed by atoms with Gasteiger partial charge in [-0.2, -0.15) is 0 Å². The van der Waals surface area contributed by atoms with Crippen LogP contribution in [0.1, 0.15) is 26.7 Å². The summed E-state index contributed by atoms with van der Waals surface area (Å²) in [6.45, 7) is 0. The lowest BCUT2D eigenvalue weighted by molar-refractivity contribution is -0.116. The molecule has 0 aliphatic rings. The summed E-state index contributed by atoms with van der Waals surface area (Å²) < 4.78 is 10.7. The Morgan fingerprint density at radius 2 is 1.39 bits per heavy atom. The molecule has 0 saturated carbocycles. The minimum absolute atomic E-state index is 0.0583. The summed E-state index contributed by atoms with van der Waals surface area (Å²) >= 11 is 14.1. The third-order valence-corrected chi connectivity index (χ3v) is 9.12. The van der Waals surface area contributed by atoms with Gasteiger partial charge in [0.2, 0.25) is 5.91 Å². The van der Waals surface area contributed by atoms with Gasteiger partial charge in [-0.3, -0.25) is 14.4 Å². The van der Waals surface area contributed by atoms with E-state index in [1.807, 2.05) is 30.3 Å². The highest BCUT2D eigenvalue weighted by Gasteiger charge is 2.24. The van der Waals surface area contributed by atoms with E-state index < -0.39 is 17.1 Å². The molecule has 0 aliphatic heterocycles. The fourth-order valence-electron chi connectivity index (χ4n) is 4.69. The number of carbonyl (C=O) groups is 3. The van der Waals surface area contributed by atoms with Crippen LogP contribution in [0.3, 0.4) is 0 Å². The molecule has 3 amide bonds. The summed E-state index contributed by atoms with van der Waals surface area (Å²) in [5.74, 6) is -0.246. The van der Waals surface area contributed by atoms with E-state index in [0.717, 1.165) is 10.5 Å². The van der Waals surface area contributed by atoms with Crippen molar-refractivity contribution < 1.29 is 23.9 Å². The predicted octanol–water partition coefficient (Wildman–Crippen LogP) is 8.89. The van der Waals surface area contributed by atoms with Crippen LogP contribution in [0.5, 0.6) is 11.5 Å². The Morgan fingerprint density at radius 1 is 0.735 bits per heavy atom. The van der Waals surface area contributed by atoms with Crippen molar-refractivity contribution >= 4 is 70.1 Å². The van der Waals surface area contributed by atoms with Crippen LogP contribution in [0.15, 0.2) is 132 Å². The van der Waals surface area contributed by atoms with Crippen molar-refractivity contribution in [3.05, 3.63) is 154 Å². The van der Waals surface area contributed by atoms with Gasteiger partial charge in [-0.05, 0) is 72.3 Å². The lowest BCUT2D eigenvalue weighted by Gasteiger charge is -2.19. The van der Waals surface area contributed by atoms with Gasteiger partial charge < -0.3 is 25.4 Å². The van der Waals surface area contributed by atoms with E-state index in [9.17, 15) is 14.4 Å². The second-order valence-electron chi connectivity index (χ2n) is 10.5. The number of rotatable bonds is 12. The standard InChI is InChI=1S/C38H31Cl2N3O5S/c1-47-27-18-21-32(34(22-27)48-2)42-38(46)35(24-10-5-3-6-11-24)49-28-19-16-26(17-20-28)41-37(45)33(23-29-30(39)14-9-15-31(29)40)43-36(44)25-12-7-4-8-13-25/h3-23,35H,1-2H3,(H,41,45)(H,42,46)(H,43,44)/b33-23-. The zero-order valence-electron chi connectivity index (χ0n) is 26.4. The van der Waals surface area contributed by atoms with Crippen LogP contribution >= 0.6 is 35.0 Å². The summed E-state index contributed by atoms with van der Waals surface area (Å²) in [7, 11) is 3.08. The molecular weight excluding hydrogens is 681 g/mol. The molecule has 0 fully saturated rings. The molecule has 0 aliphatic carbocycles. The van der Waals surface area contributed by atoms with Gasteiger partial charge in [-0.15, -0.1) is 11.8 Å². The van der Waals surface area contributed by atoms with Crippen LogP contribution < -0.4 is 25.4 Å². The smallest absolute Gasteiger partial charge is 0.272 e. The van der Waals surface area contributed by atoms with Crippen LogP contribution in [0, 0.1) is 0 Å². The molecule has 11 heteroatoms. The first-order valence-corrected chi connectivity index (χ1v) is 16.6. The fourth-order valence-corrected chi connectivity index (χ4v) is 6.22. The van der Waals surface area contributed by atoms with E-state index in [1.54, 1.807) is 98.1 Å². The molecule has 0 bridgehead atoms. The molecule has 5 aromatic rings. The van der Waals surface area contributed by atoms with E-state index in [-0.39, 0.29) is 11.6 Å². The lowest BCUT2D eigenvalue weighted by Crippen LogP contribution is -2.30. The topological polar surface area (TPSA) is 106 Å². The molecule has 0 spiro atoms. The van der Waals surface area contributed by atoms with E-state index >= 15 is 0 Å². The van der Waals surface area contributed by atoms with Gasteiger partial charge in [-0.25, -0.2) is 0 Å². The highest BCUT2D eigenvalue weighted by Crippen LogP contribution is 2.38. The first-order chi connectivity index (χ1) is 23.7. The minimum Gasteiger partial charge on any atom is -0.497 e. The largest absolute Gasteiger partial charge is 0.497 e. The molecule has 0 aromatic heterocycles. The maximum absolute atomic E-state index is 13.7. The van der Waals surface area contributed by atoms with Crippen LogP contribution in [0.4, 0.5) is 11.4 Å². The van der Waals surface area contributed by atoms with Gasteiger partial charge >= 0.3 is 0 Å². The average molecular weight is 713 g/mol. The van der Waals surface area contributed by atoms with E-state index in [4.69, 9.17) is 32.7 Å². The summed E-state index contributed by atoms with van der Waals surface area (Å²) in [6.07, 6.45) is 1.44. The SMILES string of the molecule is COc1ccc(NC(=O)C(Sc2ccc(NC(=O)/C(=C/c3c(Cl)cccc3Cl)NC(=O)c3ccccc3)cc2)c2ccccc2)c(OC)c1. The Hall–Kier alpha value is -5.22. The Labute approximate surface area is 298 Å². The maximum Gasteiger partial charge on any atom is 0.272 e. The number of methoxy groups -OCH3 is 2. The Balaban J connectivity index is 1.35. The summed E-state index contributed by atoms with van der Waals surface area (Å²) in [5.41, 5.74) is 2.47. The van der Waals surface area contributed by atoms with Crippen molar-refractivity contribution in [2.24, 2.45) is 0 Å². The van der Waals surface area contributed by atoms with Crippen molar-refractivity contribution in [3.8, 4) is 11.5 Å². The van der Waals surface area contributed by atoms with E-state index in [0.29, 0.717) is 44.0 Å². The number of halogens is 2. The van der Waals surface area contributed by atoms with Gasteiger partial charge in [0.15, 0.2) is 0 Å². The predicted molar refractivity (Wildman–Crippen MR) is 197 cm³/mol. The Kier molecular flexibility index (Phi) is 12.0. The van der Waals surface area contributed by atoms with Crippen LogP contribution in [-0.2, 0) is 9.59 Å². The molecule has 1 atom stereocenters. The quantitative estimate of drug-likeness (QED) is 0.0882. The molecule has 8 nitrogen and oxygen atoms in total. The van der Waals surface area contributed by atoms with Gasteiger partial charge in [-0.1, -0.05) is 77.8 Å². The number of ether oxygens (including phenoxy) is 2. The minimum atomic E-state index is -0.614. The van der Waals surface area contributed by atoms with Crippen molar-refractivity contribution in [1.82, 2.24) is 5.32 Å². The average Bonchev–Trinajstić information content (AvgIpc) is 3.13. The first kappa shape index (κ1) is 35.1. The first-order valence-electron chi connectivity index (χ1n) is 14.9. The molecule has 248 valence electrons. The Morgan fingerprint density at radius 3 is 2.02 bits per heavy atom. The number of amides is 3. The third kappa shape index (κ3) is 9.23. The van der Waals surface area contributed by atoms with Gasteiger partial charge in [0.1, 0.15) is 22.4 Å². The number of hydrogen-bond donors (Lipinski definition) is 3. The van der Waals surface area contributed by atoms with Crippen molar-refractivity contribution in [1.29, 1.82) is 0 Å². The molecule has 0 saturated heterocycles. The molecule has 3 N–H and O–H groups in total. The number of anilines is 2. The molecule has 5 aromatic carbocycles. The highest BCUT2D eigenvalue weighted by atomic mass is 35.5. The molecule has 1 unspecified atom stereocenters. The molecule has 49 heavy (non-hydrogen) atoms. The van der Waals surface area contributed by atoms with E-state index in [1.165, 1.54) is 24.9 Å². The molecular formula is C38H31Cl2N3O5S. The zero-order valence-corrected chi connectivity index (χ0v) is 28.7. The van der Waals surface area contributed by atoms with Gasteiger partial charge in [0.25, 0.3) is 11.8 Å². The lowest BCUT2D eigenvalue weighted by atomic mass is 10.1. The van der Waals surface area contributed by atoms with Crippen molar-refractivity contribution in [2.75, 3.05) is 24.9 Å². The third-order valence-electron chi connectivity index (χ3n) is 7.19. The number of nitrogens with one attached hydrogen (secondary N) is 3. The van der Waals surface area contributed by atoms with Gasteiger partial charge in [0.05, 0.1) is 19.9 Å². The number of carbonyl (C=O) groups excluding carboxylic acids is 3. The number of benzene rings is 5. The number of thioether (sulfide) groups is 1. The monoisotopic (exact) mass is 711 g/mol. The number of hydrogen-bond acceptors (Lipinski definition) is 6. The van der Waals surface area contributed by atoms with E-state index in [2.05, 4.69) is 16.0 Å². The highest BCUT2D eigenvalue weighted by molar-refractivity contribution is 8.00. The molecule has 0 radical (unpaired) electrons. The maximum atomic E-state index is 13.7. The zero-order chi connectivity index (χ0) is 34.8. The van der Waals surface area contributed by atoms with Crippen LogP contribution in [-0.4, -0.2) is 31.9 Å². The van der Waals surface area contributed by atoms with Crippen molar-refractivity contribution in [3.63, 3.8) is 0 Å². The second kappa shape index (κ2) is 16.7. The van der Waals surface area contributed by atoms with Gasteiger partial charge in [0, 0.05) is 37.8 Å². The normalized spacial score (nSPS) is 11.6. The second-order valence-corrected chi connectivity index (χ2v) is 12.4. The summed E-state index contributed by atoms with van der Waals surface area (Å²) in [4.78, 5) is 41.0. The van der Waals surface area contributed by atoms with Crippen LogP contribution in [0.25, 0.3) is 6.08 Å². The summed E-state index contributed by atoms with van der Waals surface area (Å²) in [6, 6.07) is 35.1. The molecule has 5 rings (SSSR count). The molecule has 0 heterocycles. The Bertz CT molecular complexity index is 1950. The fraction of sp³-hybridized carbons (Fsp3) is 0.0789.